The third-order valence-corrected chi connectivity index (χ3v) is 1.84. The van der Waals surface area contributed by atoms with Crippen molar-refractivity contribution in [1.29, 1.82) is 0 Å². The van der Waals surface area contributed by atoms with Gasteiger partial charge >= 0.3 is 0 Å². The SMILES string of the molecule is COCc1ccc(COC)c(C)n1. The van der Waals surface area contributed by atoms with E-state index in [0.717, 1.165) is 17.0 Å². The minimum Gasteiger partial charge on any atom is -0.380 e. The van der Waals surface area contributed by atoms with Gasteiger partial charge in [-0.2, -0.15) is 0 Å². The molecule has 0 saturated carbocycles. The maximum Gasteiger partial charge on any atom is 0.0884 e. The summed E-state index contributed by atoms with van der Waals surface area (Å²) in [6, 6.07) is 3.99. The Balaban J connectivity index is 2.79. The van der Waals surface area contributed by atoms with Crippen molar-refractivity contribution in [3.05, 3.63) is 29.1 Å². The number of pyridine rings is 1. The van der Waals surface area contributed by atoms with E-state index >= 15 is 0 Å². The van der Waals surface area contributed by atoms with Gasteiger partial charge in [-0.05, 0) is 18.6 Å². The third-order valence-electron chi connectivity index (χ3n) is 1.84. The molecule has 0 amide bonds. The Morgan fingerprint density at radius 1 is 1.15 bits per heavy atom. The summed E-state index contributed by atoms with van der Waals surface area (Å²) in [6.45, 7) is 3.16. The van der Waals surface area contributed by atoms with Gasteiger partial charge in [0.05, 0.1) is 18.9 Å². The van der Waals surface area contributed by atoms with Gasteiger partial charge < -0.3 is 9.47 Å². The first kappa shape index (κ1) is 10.2. The average Bonchev–Trinajstić information content (AvgIpc) is 2.10. The summed E-state index contributed by atoms with van der Waals surface area (Å²) < 4.78 is 10.0. The van der Waals surface area contributed by atoms with Crippen LogP contribution >= 0.6 is 0 Å². The van der Waals surface area contributed by atoms with Crippen molar-refractivity contribution in [2.75, 3.05) is 14.2 Å². The van der Waals surface area contributed by atoms with Crippen LogP contribution in [0.25, 0.3) is 0 Å². The predicted octanol–water partition coefficient (Wildman–Crippen LogP) is 1.68. The topological polar surface area (TPSA) is 31.4 Å². The lowest BCUT2D eigenvalue weighted by Crippen LogP contribution is -1.99. The molecule has 0 radical (unpaired) electrons. The highest BCUT2D eigenvalue weighted by Crippen LogP contribution is 2.08. The van der Waals surface area contributed by atoms with E-state index in [1.807, 2.05) is 19.1 Å². The molecule has 0 aromatic carbocycles. The molecule has 0 unspecified atom stereocenters. The highest BCUT2D eigenvalue weighted by atomic mass is 16.5. The molecule has 3 nitrogen and oxygen atoms in total. The molecular weight excluding hydrogens is 166 g/mol. The Morgan fingerprint density at radius 2 is 1.85 bits per heavy atom. The Kier molecular flexibility index (Phi) is 3.86. The highest BCUT2D eigenvalue weighted by molar-refractivity contribution is 5.21. The zero-order chi connectivity index (χ0) is 9.68. The fourth-order valence-corrected chi connectivity index (χ4v) is 1.18. The smallest absolute Gasteiger partial charge is 0.0884 e. The number of methoxy groups -OCH3 is 2. The number of hydrogen-bond donors (Lipinski definition) is 0. The van der Waals surface area contributed by atoms with Crippen molar-refractivity contribution < 1.29 is 9.47 Å². The average molecular weight is 181 g/mol. The van der Waals surface area contributed by atoms with E-state index in [4.69, 9.17) is 9.47 Å². The van der Waals surface area contributed by atoms with Crippen LogP contribution in [0.15, 0.2) is 12.1 Å². The summed E-state index contributed by atoms with van der Waals surface area (Å²) in [4.78, 5) is 4.38. The molecule has 0 spiro atoms. The Bertz CT molecular complexity index is 274. The lowest BCUT2D eigenvalue weighted by molar-refractivity contribution is 0.178. The lowest BCUT2D eigenvalue weighted by atomic mass is 10.2. The molecule has 1 aromatic rings. The highest BCUT2D eigenvalue weighted by Gasteiger charge is 2.00. The molecule has 0 N–H and O–H groups in total. The zero-order valence-corrected chi connectivity index (χ0v) is 8.33. The Labute approximate surface area is 78.7 Å². The van der Waals surface area contributed by atoms with Crippen LogP contribution in [0.3, 0.4) is 0 Å². The molecule has 0 saturated heterocycles. The van der Waals surface area contributed by atoms with Crippen LogP contribution in [0.5, 0.6) is 0 Å². The molecule has 1 heterocycles. The second-order valence-corrected chi connectivity index (χ2v) is 2.91. The summed E-state index contributed by atoms with van der Waals surface area (Å²) in [6.07, 6.45) is 0. The van der Waals surface area contributed by atoms with Crippen LogP contribution < -0.4 is 0 Å². The van der Waals surface area contributed by atoms with Crippen molar-refractivity contribution in [1.82, 2.24) is 4.98 Å². The molecular formula is C10H15NO2. The van der Waals surface area contributed by atoms with Gasteiger partial charge in [-0.3, -0.25) is 4.98 Å². The number of ether oxygens (including phenoxy) is 2. The molecule has 72 valence electrons. The van der Waals surface area contributed by atoms with Crippen LogP contribution in [-0.2, 0) is 22.7 Å². The van der Waals surface area contributed by atoms with E-state index in [1.165, 1.54) is 0 Å². The van der Waals surface area contributed by atoms with E-state index in [9.17, 15) is 0 Å². The maximum atomic E-state index is 5.04. The predicted molar refractivity (Wildman–Crippen MR) is 50.4 cm³/mol. The van der Waals surface area contributed by atoms with Gasteiger partial charge in [-0.1, -0.05) is 6.07 Å². The van der Waals surface area contributed by atoms with Crippen molar-refractivity contribution >= 4 is 0 Å². The zero-order valence-electron chi connectivity index (χ0n) is 8.33. The van der Waals surface area contributed by atoms with Crippen LogP contribution in [0.1, 0.15) is 17.0 Å². The monoisotopic (exact) mass is 181 g/mol. The van der Waals surface area contributed by atoms with Crippen LogP contribution in [0.4, 0.5) is 0 Å². The normalized spacial score (nSPS) is 10.4. The van der Waals surface area contributed by atoms with Gasteiger partial charge in [0.15, 0.2) is 0 Å². The summed E-state index contributed by atoms with van der Waals surface area (Å²) >= 11 is 0. The van der Waals surface area contributed by atoms with Crippen molar-refractivity contribution in [3.8, 4) is 0 Å². The lowest BCUT2D eigenvalue weighted by Gasteiger charge is -2.05. The number of hydrogen-bond acceptors (Lipinski definition) is 3. The molecule has 0 aliphatic carbocycles. The summed E-state index contributed by atoms with van der Waals surface area (Å²) in [5.41, 5.74) is 3.10. The van der Waals surface area contributed by atoms with Gasteiger partial charge in [-0.15, -0.1) is 0 Å². The maximum absolute atomic E-state index is 5.04. The molecule has 13 heavy (non-hydrogen) atoms. The summed E-state index contributed by atoms with van der Waals surface area (Å²) in [5, 5.41) is 0. The minimum atomic E-state index is 0.564. The Hall–Kier alpha value is -0.930. The molecule has 1 rings (SSSR count). The molecule has 0 fully saturated rings. The first-order valence-corrected chi connectivity index (χ1v) is 4.21. The fourth-order valence-electron chi connectivity index (χ4n) is 1.18. The molecule has 3 heteroatoms. The van der Waals surface area contributed by atoms with Crippen molar-refractivity contribution in [2.24, 2.45) is 0 Å². The van der Waals surface area contributed by atoms with Gasteiger partial charge in [0.25, 0.3) is 0 Å². The minimum absolute atomic E-state index is 0.564. The second-order valence-electron chi connectivity index (χ2n) is 2.91. The standard InChI is InChI=1S/C10H15NO2/c1-8-9(6-12-2)4-5-10(11-8)7-13-3/h4-5H,6-7H2,1-3H3. The molecule has 0 aliphatic heterocycles. The number of aromatic nitrogens is 1. The molecule has 0 bridgehead atoms. The van der Waals surface area contributed by atoms with Crippen LogP contribution in [0, 0.1) is 6.92 Å². The van der Waals surface area contributed by atoms with E-state index < -0.39 is 0 Å². The second kappa shape index (κ2) is 4.94. The van der Waals surface area contributed by atoms with Crippen molar-refractivity contribution in [2.45, 2.75) is 20.1 Å². The van der Waals surface area contributed by atoms with E-state index in [1.54, 1.807) is 14.2 Å². The quantitative estimate of drug-likeness (QED) is 0.708. The number of rotatable bonds is 4. The van der Waals surface area contributed by atoms with Gasteiger partial charge in [0.2, 0.25) is 0 Å². The van der Waals surface area contributed by atoms with Crippen LogP contribution in [-0.4, -0.2) is 19.2 Å². The van der Waals surface area contributed by atoms with Gasteiger partial charge in [-0.25, -0.2) is 0 Å². The van der Waals surface area contributed by atoms with E-state index in [0.29, 0.717) is 13.2 Å². The van der Waals surface area contributed by atoms with Crippen molar-refractivity contribution in [3.63, 3.8) is 0 Å². The first-order valence-electron chi connectivity index (χ1n) is 4.21. The largest absolute Gasteiger partial charge is 0.380 e. The molecule has 0 atom stereocenters. The number of aryl methyl sites for hydroxylation is 1. The summed E-state index contributed by atoms with van der Waals surface area (Å²) in [7, 11) is 3.35. The Morgan fingerprint density at radius 3 is 2.38 bits per heavy atom. The van der Waals surface area contributed by atoms with Crippen LogP contribution in [0.2, 0.25) is 0 Å². The third kappa shape index (κ3) is 2.79. The molecule has 0 aliphatic rings. The van der Waals surface area contributed by atoms with E-state index in [-0.39, 0.29) is 0 Å². The number of nitrogens with zero attached hydrogens (tertiary/aromatic N) is 1. The van der Waals surface area contributed by atoms with E-state index in [2.05, 4.69) is 4.98 Å². The fraction of sp³-hybridized carbons (Fsp3) is 0.500. The first-order chi connectivity index (χ1) is 6.27. The summed E-state index contributed by atoms with van der Waals surface area (Å²) in [5.74, 6) is 0. The van der Waals surface area contributed by atoms with Gasteiger partial charge in [0.1, 0.15) is 0 Å². The van der Waals surface area contributed by atoms with Gasteiger partial charge in [0, 0.05) is 19.9 Å². The molecule has 1 aromatic heterocycles.